The lowest BCUT2D eigenvalue weighted by atomic mass is 9.98. The maximum atomic E-state index is 13.5. The Morgan fingerprint density at radius 3 is 2.64 bits per heavy atom. The number of methoxy groups -OCH3 is 1. The van der Waals surface area contributed by atoms with Crippen molar-refractivity contribution in [2.45, 2.75) is 25.8 Å². The van der Waals surface area contributed by atoms with Crippen molar-refractivity contribution in [3.63, 3.8) is 0 Å². The van der Waals surface area contributed by atoms with E-state index in [0.717, 1.165) is 12.1 Å². The highest BCUT2D eigenvalue weighted by atomic mass is 19.1. The quantitative estimate of drug-likeness (QED) is 0.811. The van der Waals surface area contributed by atoms with Crippen LogP contribution in [0.15, 0.2) is 18.2 Å². The first-order chi connectivity index (χ1) is 10.4. The van der Waals surface area contributed by atoms with Crippen molar-refractivity contribution in [3.8, 4) is 6.07 Å². The van der Waals surface area contributed by atoms with E-state index in [-0.39, 0.29) is 18.4 Å². The molecule has 0 bridgehead atoms. The molecule has 118 valence electrons. The van der Waals surface area contributed by atoms with E-state index in [1.165, 1.54) is 7.11 Å². The predicted molar refractivity (Wildman–Crippen MR) is 73.4 cm³/mol. The Kier molecular flexibility index (Phi) is 6.45. The van der Waals surface area contributed by atoms with E-state index in [4.69, 9.17) is 5.26 Å². The van der Waals surface area contributed by atoms with Gasteiger partial charge in [-0.25, -0.2) is 13.6 Å². The molecule has 1 N–H and O–H groups in total. The van der Waals surface area contributed by atoms with Gasteiger partial charge < -0.3 is 10.1 Å². The van der Waals surface area contributed by atoms with Crippen molar-refractivity contribution in [1.82, 2.24) is 5.32 Å². The summed E-state index contributed by atoms with van der Waals surface area (Å²) in [5.41, 5.74) is 0.00968. The summed E-state index contributed by atoms with van der Waals surface area (Å²) >= 11 is 0. The minimum absolute atomic E-state index is 0.00968. The number of ether oxygens (including phenoxy) is 1. The third-order valence-electron chi connectivity index (χ3n) is 3.12. The van der Waals surface area contributed by atoms with Gasteiger partial charge in [0.25, 0.3) is 0 Å². The van der Waals surface area contributed by atoms with Crippen LogP contribution in [-0.2, 0) is 20.7 Å². The number of benzene rings is 1. The van der Waals surface area contributed by atoms with Crippen molar-refractivity contribution < 1.29 is 23.1 Å². The van der Waals surface area contributed by atoms with E-state index in [2.05, 4.69) is 10.1 Å². The van der Waals surface area contributed by atoms with Gasteiger partial charge in [-0.15, -0.1) is 0 Å². The number of esters is 1. The highest BCUT2D eigenvalue weighted by molar-refractivity contribution is 5.85. The molecular weight excluding hydrogens is 294 g/mol. The maximum absolute atomic E-state index is 13.5. The van der Waals surface area contributed by atoms with Gasteiger partial charge in [-0.3, -0.25) is 4.79 Å². The van der Waals surface area contributed by atoms with Crippen molar-refractivity contribution in [3.05, 3.63) is 35.4 Å². The molecule has 0 radical (unpaired) electrons. The van der Waals surface area contributed by atoms with Crippen LogP contribution in [0.3, 0.4) is 0 Å². The SMILES string of the molecule is COC(=O)[C@@H](NC(=O)Cc1ccc(F)cc1F)[C@H](C)CC#N. The summed E-state index contributed by atoms with van der Waals surface area (Å²) in [6.07, 6.45) is -0.302. The topological polar surface area (TPSA) is 79.2 Å². The zero-order valence-corrected chi connectivity index (χ0v) is 12.2. The van der Waals surface area contributed by atoms with Gasteiger partial charge in [0, 0.05) is 18.4 Å². The fourth-order valence-electron chi connectivity index (χ4n) is 1.88. The molecule has 0 unspecified atom stereocenters. The summed E-state index contributed by atoms with van der Waals surface area (Å²) in [6.45, 7) is 1.61. The fourth-order valence-corrected chi connectivity index (χ4v) is 1.88. The normalized spacial score (nSPS) is 12.9. The first-order valence-corrected chi connectivity index (χ1v) is 6.57. The lowest BCUT2D eigenvalue weighted by Crippen LogP contribution is -2.46. The molecule has 0 aliphatic carbocycles. The Labute approximate surface area is 126 Å². The van der Waals surface area contributed by atoms with Crippen LogP contribution in [0.5, 0.6) is 0 Å². The number of carbonyl (C=O) groups is 2. The second-order valence-electron chi connectivity index (χ2n) is 4.82. The summed E-state index contributed by atoms with van der Waals surface area (Å²) in [4.78, 5) is 23.6. The van der Waals surface area contributed by atoms with E-state index in [9.17, 15) is 18.4 Å². The molecule has 0 heterocycles. The van der Waals surface area contributed by atoms with E-state index in [1.807, 2.05) is 6.07 Å². The predicted octanol–water partition coefficient (Wildman–Crippen LogP) is 1.71. The molecule has 1 rings (SSSR count). The summed E-state index contributed by atoms with van der Waals surface area (Å²) in [5.74, 6) is -3.34. The van der Waals surface area contributed by atoms with Crippen molar-refractivity contribution in [2.75, 3.05) is 7.11 Å². The largest absolute Gasteiger partial charge is 0.467 e. The highest BCUT2D eigenvalue weighted by Gasteiger charge is 2.27. The second kappa shape index (κ2) is 8.08. The number of hydrogen-bond donors (Lipinski definition) is 1. The lowest BCUT2D eigenvalue weighted by molar-refractivity contribution is -0.146. The van der Waals surface area contributed by atoms with Gasteiger partial charge in [-0.1, -0.05) is 13.0 Å². The Hall–Kier alpha value is -2.49. The minimum atomic E-state index is -0.999. The molecule has 0 aliphatic heterocycles. The zero-order chi connectivity index (χ0) is 16.7. The molecule has 0 aromatic heterocycles. The Morgan fingerprint density at radius 2 is 2.09 bits per heavy atom. The molecule has 1 amide bonds. The van der Waals surface area contributed by atoms with Crippen LogP contribution in [0.2, 0.25) is 0 Å². The lowest BCUT2D eigenvalue weighted by Gasteiger charge is -2.21. The van der Waals surface area contributed by atoms with Gasteiger partial charge in [0.1, 0.15) is 17.7 Å². The van der Waals surface area contributed by atoms with Gasteiger partial charge in [-0.05, 0) is 11.6 Å². The van der Waals surface area contributed by atoms with E-state index < -0.39 is 35.5 Å². The number of hydrogen-bond acceptors (Lipinski definition) is 4. The monoisotopic (exact) mass is 310 g/mol. The smallest absolute Gasteiger partial charge is 0.328 e. The number of rotatable bonds is 6. The second-order valence-corrected chi connectivity index (χ2v) is 4.82. The Balaban J connectivity index is 2.78. The molecular formula is C15H16F2N2O3. The van der Waals surface area contributed by atoms with Gasteiger partial charge in [0.2, 0.25) is 5.91 Å². The van der Waals surface area contributed by atoms with Gasteiger partial charge in [0.05, 0.1) is 19.6 Å². The van der Waals surface area contributed by atoms with E-state index in [1.54, 1.807) is 6.92 Å². The first-order valence-electron chi connectivity index (χ1n) is 6.57. The minimum Gasteiger partial charge on any atom is -0.467 e. The van der Waals surface area contributed by atoms with Crippen molar-refractivity contribution in [2.24, 2.45) is 5.92 Å². The molecule has 0 aliphatic rings. The van der Waals surface area contributed by atoms with Gasteiger partial charge >= 0.3 is 5.97 Å². The average molecular weight is 310 g/mol. The van der Waals surface area contributed by atoms with Crippen LogP contribution in [-0.4, -0.2) is 25.0 Å². The Morgan fingerprint density at radius 1 is 1.41 bits per heavy atom. The molecule has 2 atom stereocenters. The molecule has 1 aromatic carbocycles. The van der Waals surface area contributed by atoms with E-state index >= 15 is 0 Å². The third kappa shape index (κ3) is 4.81. The van der Waals surface area contributed by atoms with Crippen molar-refractivity contribution >= 4 is 11.9 Å². The van der Waals surface area contributed by atoms with Gasteiger partial charge in [-0.2, -0.15) is 5.26 Å². The number of nitrogens with zero attached hydrogens (tertiary/aromatic N) is 1. The molecule has 0 spiro atoms. The van der Waals surface area contributed by atoms with Crippen LogP contribution in [0, 0.1) is 28.9 Å². The Bertz CT molecular complexity index is 599. The van der Waals surface area contributed by atoms with Crippen molar-refractivity contribution in [1.29, 1.82) is 5.26 Å². The zero-order valence-electron chi connectivity index (χ0n) is 12.2. The van der Waals surface area contributed by atoms with E-state index in [0.29, 0.717) is 6.07 Å². The summed E-state index contributed by atoms with van der Waals surface area (Å²) < 4.78 is 30.9. The number of amides is 1. The highest BCUT2D eigenvalue weighted by Crippen LogP contribution is 2.12. The maximum Gasteiger partial charge on any atom is 0.328 e. The van der Waals surface area contributed by atoms with Crippen LogP contribution in [0.25, 0.3) is 0 Å². The fraction of sp³-hybridized carbons (Fsp3) is 0.400. The number of nitriles is 1. The van der Waals surface area contributed by atoms with Gasteiger partial charge in [0.15, 0.2) is 0 Å². The van der Waals surface area contributed by atoms with Crippen LogP contribution >= 0.6 is 0 Å². The molecule has 22 heavy (non-hydrogen) atoms. The van der Waals surface area contributed by atoms with Crippen LogP contribution in [0.4, 0.5) is 8.78 Å². The summed E-state index contributed by atoms with van der Waals surface area (Å²) in [7, 11) is 1.17. The summed E-state index contributed by atoms with van der Waals surface area (Å²) in [5, 5.41) is 11.1. The van der Waals surface area contributed by atoms with Crippen LogP contribution < -0.4 is 5.32 Å². The first kappa shape index (κ1) is 17.6. The number of halogens is 2. The summed E-state index contributed by atoms with van der Waals surface area (Å²) in [6, 6.07) is 3.79. The molecule has 1 aromatic rings. The third-order valence-corrected chi connectivity index (χ3v) is 3.12. The molecule has 0 fully saturated rings. The number of carbonyl (C=O) groups excluding carboxylic acids is 2. The molecule has 7 heteroatoms. The van der Waals surface area contributed by atoms with Crippen LogP contribution in [0.1, 0.15) is 18.9 Å². The average Bonchev–Trinajstić information content (AvgIpc) is 2.47. The molecule has 5 nitrogen and oxygen atoms in total. The standard InChI is InChI=1S/C15H16F2N2O3/c1-9(5-6-18)14(15(21)22-2)19-13(20)7-10-3-4-11(16)8-12(10)17/h3-4,8-9,14H,5,7H2,1-2H3,(H,19,20)/t9-,14+/m1/s1. The number of nitrogens with one attached hydrogen (secondary N) is 1. The molecule has 0 saturated heterocycles. The molecule has 0 saturated carbocycles.